The Labute approximate surface area is 99.0 Å². The SMILES string of the molecule is CB(I)C(=O)c1cc(F)c(F)c(C)c1F. The van der Waals surface area contributed by atoms with E-state index in [0.717, 1.165) is 6.92 Å². The summed E-state index contributed by atoms with van der Waals surface area (Å²) in [6, 6.07) is 0.606. The summed E-state index contributed by atoms with van der Waals surface area (Å²) < 4.78 is 38.8. The second-order valence-electron chi connectivity index (χ2n) is 3.14. The lowest BCUT2D eigenvalue weighted by atomic mass is 9.72. The van der Waals surface area contributed by atoms with E-state index in [1.807, 2.05) is 0 Å². The second kappa shape index (κ2) is 4.55. The van der Waals surface area contributed by atoms with Gasteiger partial charge in [0.15, 0.2) is 11.6 Å². The third kappa shape index (κ3) is 2.35. The molecule has 0 heterocycles. The largest absolute Gasteiger partial charge is 0.305 e. The highest BCUT2D eigenvalue weighted by Gasteiger charge is 2.24. The fourth-order valence-corrected chi connectivity index (χ4v) is 1.46. The topological polar surface area (TPSA) is 17.1 Å². The first-order valence-electron chi connectivity index (χ1n) is 4.18. The van der Waals surface area contributed by atoms with Gasteiger partial charge >= 0.3 is 0 Å². The monoisotopic (exact) mass is 326 g/mol. The zero-order valence-corrected chi connectivity index (χ0v) is 10.2. The lowest BCUT2D eigenvalue weighted by Gasteiger charge is -2.07. The summed E-state index contributed by atoms with van der Waals surface area (Å²) in [6.45, 7) is 2.65. The molecule has 0 saturated heterocycles. The van der Waals surface area contributed by atoms with Crippen LogP contribution in [0.4, 0.5) is 13.2 Å². The maximum absolute atomic E-state index is 13.4. The summed E-state index contributed by atoms with van der Waals surface area (Å²) in [5.41, 5.74) is -1.40. The molecule has 1 aromatic carbocycles. The highest BCUT2D eigenvalue weighted by atomic mass is 127. The van der Waals surface area contributed by atoms with Crippen molar-refractivity contribution in [2.45, 2.75) is 13.7 Å². The predicted octanol–water partition coefficient (Wildman–Crippen LogP) is 3.19. The van der Waals surface area contributed by atoms with E-state index in [2.05, 4.69) is 0 Å². The number of hydrogen-bond donors (Lipinski definition) is 0. The zero-order chi connectivity index (χ0) is 11.7. The fourth-order valence-electron chi connectivity index (χ4n) is 1.12. The van der Waals surface area contributed by atoms with Gasteiger partial charge in [-0.2, -0.15) is 0 Å². The van der Waals surface area contributed by atoms with E-state index in [-0.39, 0.29) is 0 Å². The standard InChI is InChI=1S/C9H7BF3IO/c1-4-7(12)5(9(15)10(2)14)3-6(11)8(4)13/h3H,1-2H3. The van der Waals surface area contributed by atoms with Gasteiger partial charge in [-0.15, -0.1) is 22.4 Å². The zero-order valence-electron chi connectivity index (χ0n) is 8.07. The van der Waals surface area contributed by atoms with Crippen molar-refractivity contribution >= 4 is 32.6 Å². The van der Waals surface area contributed by atoms with E-state index < -0.39 is 38.8 Å². The number of carbonyl (C=O) groups excluding carboxylic acids is 1. The van der Waals surface area contributed by atoms with E-state index in [1.54, 1.807) is 29.2 Å². The Kier molecular flexibility index (Phi) is 3.80. The third-order valence-corrected chi connectivity index (χ3v) is 2.57. The van der Waals surface area contributed by atoms with Gasteiger partial charge in [-0.25, -0.2) is 13.2 Å². The minimum absolute atomic E-state index is 0.395. The van der Waals surface area contributed by atoms with Crippen LogP contribution in [-0.4, -0.2) is 10.3 Å². The highest BCUT2D eigenvalue weighted by Crippen LogP contribution is 2.21. The summed E-state index contributed by atoms with van der Waals surface area (Å²) in [6.07, 6.45) is 0. The molecule has 0 atom stereocenters. The van der Waals surface area contributed by atoms with Crippen LogP contribution in [0.1, 0.15) is 15.9 Å². The van der Waals surface area contributed by atoms with Gasteiger partial charge in [-0.05, 0) is 13.0 Å². The lowest BCUT2D eigenvalue weighted by molar-refractivity contribution is 0.107. The fraction of sp³-hybridized carbons (Fsp3) is 0.222. The molecule has 6 heteroatoms. The first-order valence-corrected chi connectivity index (χ1v) is 5.43. The molecule has 0 N–H and O–H groups in total. The molecule has 0 aliphatic heterocycles. The Morgan fingerprint density at radius 3 is 2.33 bits per heavy atom. The van der Waals surface area contributed by atoms with E-state index in [1.165, 1.54) is 0 Å². The van der Waals surface area contributed by atoms with Crippen LogP contribution in [0.15, 0.2) is 6.07 Å². The minimum atomic E-state index is -1.25. The van der Waals surface area contributed by atoms with Crippen molar-refractivity contribution < 1.29 is 18.0 Å². The van der Waals surface area contributed by atoms with Gasteiger partial charge in [0.1, 0.15) is 11.5 Å². The van der Waals surface area contributed by atoms with Crippen LogP contribution < -0.4 is 0 Å². The molecular weight excluding hydrogens is 319 g/mol. The molecule has 0 spiro atoms. The van der Waals surface area contributed by atoms with Crippen molar-refractivity contribution in [3.05, 3.63) is 34.6 Å². The number of rotatable bonds is 2. The number of halogens is 4. The molecule has 0 fully saturated rings. The van der Waals surface area contributed by atoms with Gasteiger partial charge in [0.2, 0.25) is 0 Å². The first-order chi connectivity index (χ1) is 6.86. The summed E-state index contributed by atoms with van der Waals surface area (Å²) >= 11 is 1.79. The number of carbonyl (C=O) groups is 1. The van der Waals surface area contributed by atoms with E-state index in [4.69, 9.17) is 0 Å². The molecule has 80 valence electrons. The van der Waals surface area contributed by atoms with Crippen LogP contribution in [0.25, 0.3) is 0 Å². The predicted molar refractivity (Wildman–Crippen MR) is 61.0 cm³/mol. The molecule has 0 radical (unpaired) electrons. The van der Waals surface area contributed by atoms with E-state index >= 15 is 0 Å². The van der Waals surface area contributed by atoms with Gasteiger partial charge in [-0.1, -0.05) is 6.82 Å². The van der Waals surface area contributed by atoms with Gasteiger partial charge in [0.05, 0.1) is 0 Å². The lowest BCUT2D eigenvalue weighted by Crippen LogP contribution is -2.18. The molecule has 0 aromatic heterocycles. The summed E-state index contributed by atoms with van der Waals surface area (Å²) in [5.74, 6) is -3.43. The number of benzene rings is 1. The van der Waals surface area contributed by atoms with Crippen LogP contribution in [0.2, 0.25) is 6.82 Å². The molecule has 0 amide bonds. The van der Waals surface area contributed by atoms with Crippen LogP contribution in [0, 0.1) is 24.4 Å². The maximum atomic E-state index is 13.4. The van der Waals surface area contributed by atoms with Gasteiger partial charge in [0, 0.05) is 11.1 Å². The molecule has 15 heavy (non-hydrogen) atoms. The summed E-state index contributed by atoms with van der Waals surface area (Å²) in [4.78, 5) is 11.4. The summed E-state index contributed by atoms with van der Waals surface area (Å²) in [5, 5.41) is 0. The minimum Gasteiger partial charge on any atom is -0.305 e. The smallest absolute Gasteiger partial charge is 0.299 e. The van der Waals surface area contributed by atoms with Gasteiger partial charge in [-0.3, -0.25) is 0 Å². The Morgan fingerprint density at radius 2 is 1.87 bits per heavy atom. The van der Waals surface area contributed by atoms with Gasteiger partial charge in [0.25, 0.3) is 4.57 Å². The van der Waals surface area contributed by atoms with Crippen LogP contribution >= 0.6 is 22.4 Å². The average molecular weight is 326 g/mol. The van der Waals surface area contributed by atoms with Crippen molar-refractivity contribution in [3.63, 3.8) is 0 Å². The first kappa shape index (κ1) is 12.5. The average Bonchev–Trinajstić information content (AvgIpc) is 2.19. The van der Waals surface area contributed by atoms with E-state index in [0.29, 0.717) is 6.07 Å². The van der Waals surface area contributed by atoms with Crippen molar-refractivity contribution in [2.75, 3.05) is 0 Å². The Bertz CT molecular complexity index is 420. The molecule has 1 rings (SSSR count). The molecule has 0 bridgehead atoms. The molecule has 0 aliphatic rings. The molecular formula is C9H7BF3IO. The number of hydrogen-bond acceptors (Lipinski definition) is 1. The molecule has 0 aliphatic carbocycles. The Balaban J connectivity index is 3.39. The molecule has 0 unspecified atom stereocenters. The Hall–Kier alpha value is -0.525. The quantitative estimate of drug-likeness (QED) is 0.463. The molecule has 1 nitrogen and oxygen atoms in total. The normalized spacial score (nSPS) is 10.3. The van der Waals surface area contributed by atoms with Crippen LogP contribution in [0.3, 0.4) is 0 Å². The van der Waals surface area contributed by atoms with Crippen LogP contribution in [0.5, 0.6) is 0 Å². The van der Waals surface area contributed by atoms with Crippen molar-refractivity contribution in [3.8, 4) is 0 Å². The molecule has 1 aromatic rings. The Morgan fingerprint density at radius 1 is 1.33 bits per heavy atom. The third-order valence-electron chi connectivity index (χ3n) is 2.00. The van der Waals surface area contributed by atoms with Crippen molar-refractivity contribution in [1.82, 2.24) is 0 Å². The van der Waals surface area contributed by atoms with Gasteiger partial charge < -0.3 is 4.79 Å². The molecule has 0 saturated carbocycles. The summed E-state index contributed by atoms with van der Waals surface area (Å²) in [7, 11) is 0. The second-order valence-corrected chi connectivity index (χ2v) is 5.01. The van der Waals surface area contributed by atoms with Crippen molar-refractivity contribution in [2.24, 2.45) is 0 Å². The van der Waals surface area contributed by atoms with Crippen molar-refractivity contribution in [1.29, 1.82) is 0 Å². The maximum Gasteiger partial charge on any atom is 0.299 e. The highest BCUT2D eigenvalue weighted by molar-refractivity contribution is 14.1. The van der Waals surface area contributed by atoms with Crippen LogP contribution in [-0.2, 0) is 0 Å². The van der Waals surface area contributed by atoms with E-state index in [9.17, 15) is 18.0 Å².